The van der Waals surface area contributed by atoms with E-state index < -0.39 is 39.8 Å². The van der Waals surface area contributed by atoms with Crippen molar-refractivity contribution in [1.82, 2.24) is 4.72 Å². The second-order valence-corrected chi connectivity index (χ2v) is 9.04. The lowest BCUT2D eigenvalue weighted by Crippen LogP contribution is -2.54. The highest BCUT2D eigenvalue weighted by Crippen LogP contribution is 2.32. The SMILES string of the molecule is CCCOC(=O)[C@H](CC(C)CC)[C@@H](N[S@](=O)C(C)(C)C)C(F)(F)F. The lowest BCUT2D eigenvalue weighted by Gasteiger charge is -2.31. The molecule has 1 unspecified atom stereocenters. The van der Waals surface area contributed by atoms with Crippen LogP contribution in [0.15, 0.2) is 0 Å². The molecule has 0 saturated carbocycles. The molecule has 0 aliphatic carbocycles. The second-order valence-electron chi connectivity index (χ2n) is 7.04. The molecular formula is C16H30F3NO3S. The molecule has 0 aromatic rings. The van der Waals surface area contributed by atoms with Crippen molar-refractivity contribution in [3.05, 3.63) is 0 Å². The number of rotatable bonds is 9. The molecule has 0 heterocycles. The summed E-state index contributed by atoms with van der Waals surface area (Å²) in [6, 6.07) is -2.20. The van der Waals surface area contributed by atoms with Crippen LogP contribution in [0.4, 0.5) is 13.2 Å². The molecule has 24 heavy (non-hydrogen) atoms. The van der Waals surface area contributed by atoms with E-state index in [0.29, 0.717) is 12.8 Å². The van der Waals surface area contributed by atoms with Crippen LogP contribution < -0.4 is 4.72 Å². The summed E-state index contributed by atoms with van der Waals surface area (Å²) in [5.41, 5.74) is 0. The van der Waals surface area contributed by atoms with E-state index in [4.69, 9.17) is 4.74 Å². The molecule has 4 atom stereocenters. The lowest BCUT2D eigenvalue weighted by atomic mass is 9.88. The number of alkyl halides is 3. The van der Waals surface area contributed by atoms with Crippen LogP contribution in [-0.2, 0) is 20.5 Å². The van der Waals surface area contributed by atoms with Crippen molar-refractivity contribution in [3.8, 4) is 0 Å². The van der Waals surface area contributed by atoms with Crippen molar-refractivity contribution in [2.75, 3.05) is 6.61 Å². The Morgan fingerprint density at radius 1 is 1.21 bits per heavy atom. The number of halogens is 3. The summed E-state index contributed by atoms with van der Waals surface area (Å²) in [5, 5.41) is 0. The van der Waals surface area contributed by atoms with Crippen LogP contribution in [0.2, 0.25) is 0 Å². The molecule has 0 aromatic heterocycles. The molecule has 0 fully saturated rings. The zero-order valence-corrected chi connectivity index (χ0v) is 16.1. The second kappa shape index (κ2) is 9.75. The van der Waals surface area contributed by atoms with Gasteiger partial charge in [0.1, 0.15) is 6.04 Å². The summed E-state index contributed by atoms with van der Waals surface area (Å²) in [6.45, 7) is 10.2. The van der Waals surface area contributed by atoms with Crippen LogP contribution in [0.25, 0.3) is 0 Å². The highest BCUT2D eigenvalue weighted by atomic mass is 32.2. The average Bonchev–Trinajstić information content (AvgIpc) is 2.45. The molecule has 0 radical (unpaired) electrons. The summed E-state index contributed by atoms with van der Waals surface area (Å²) in [6.07, 6.45) is -3.51. The highest BCUT2D eigenvalue weighted by molar-refractivity contribution is 7.84. The summed E-state index contributed by atoms with van der Waals surface area (Å²) in [4.78, 5) is 12.2. The Balaban J connectivity index is 5.55. The molecule has 144 valence electrons. The quantitative estimate of drug-likeness (QED) is 0.622. The van der Waals surface area contributed by atoms with Gasteiger partial charge in [0.05, 0.1) is 28.3 Å². The van der Waals surface area contributed by atoms with Crippen LogP contribution in [0.1, 0.15) is 60.8 Å². The lowest BCUT2D eigenvalue weighted by molar-refractivity contribution is -0.180. The van der Waals surface area contributed by atoms with Crippen LogP contribution >= 0.6 is 0 Å². The van der Waals surface area contributed by atoms with Crippen LogP contribution in [0.5, 0.6) is 0 Å². The smallest absolute Gasteiger partial charge is 0.405 e. The van der Waals surface area contributed by atoms with E-state index in [9.17, 15) is 22.2 Å². The zero-order valence-electron chi connectivity index (χ0n) is 15.3. The Morgan fingerprint density at radius 3 is 2.12 bits per heavy atom. The minimum atomic E-state index is -4.70. The summed E-state index contributed by atoms with van der Waals surface area (Å²) in [5.74, 6) is -2.39. The van der Waals surface area contributed by atoms with Gasteiger partial charge < -0.3 is 4.74 Å². The first-order valence-corrected chi connectivity index (χ1v) is 9.40. The van der Waals surface area contributed by atoms with Crippen LogP contribution in [0.3, 0.4) is 0 Å². The fourth-order valence-electron chi connectivity index (χ4n) is 1.95. The number of nitrogens with one attached hydrogen (secondary N) is 1. The molecule has 0 bridgehead atoms. The Labute approximate surface area is 145 Å². The molecule has 0 aliphatic heterocycles. The van der Waals surface area contributed by atoms with Crippen molar-refractivity contribution in [2.45, 2.75) is 77.8 Å². The van der Waals surface area contributed by atoms with Crippen molar-refractivity contribution in [2.24, 2.45) is 11.8 Å². The van der Waals surface area contributed by atoms with Gasteiger partial charge in [-0.05, 0) is 39.5 Å². The fraction of sp³-hybridized carbons (Fsp3) is 0.938. The monoisotopic (exact) mass is 373 g/mol. The minimum absolute atomic E-state index is 0.0254. The average molecular weight is 373 g/mol. The zero-order chi connectivity index (χ0) is 19.1. The van der Waals surface area contributed by atoms with E-state index in [1.807, 2.05) is 6.92 Å². The summed E-state index contributed by atoms with van der Waals surface area (Å²) in [7, 11) is -1.95. The third-order valence-corrected chi connectivity index (χ3v) is 5.23. The van der Waals surface area contributed by atoms with Crippen molar-refractivity contribution in [3.63, 3.8) is 0 Å². The molecule has 0 saturated heterocycles. The number of carbonyl (C=O) groups excluding carboxylic acids is 1. The first-order valence-electron chi connectivity index (χ1n) is 8.25. The predicted molar refractivity (Wildman–Crippen MR) is 89.7 cm³/mol. The standard InChI is InChI=1S/C16H30F3NO3S/c1-7-9-23-14(21)12(10-11(3)8-2)13(16(17,18)19)20-24(22)15(4,5)6/h11-13,20H,7-10H2,1-6H3/t11?,12-,13-,24-/m1/s1. The van der Waals surface area contributed by atoms with E-state index in [1.54, 1.807) is 34.6 Å². The largest absolute Gasteiger partial charge is 0.465 e. The maximum absolute atomic E-state index is 13.6. The van der Waals surface area contributed by atoms with Crippen molar-refractivity contribution in [1.29, 1.82) is 0 Å². The highest BCUT2D eigenvalue weighted by Gasteiger charge is 2.49. The van der Waals surface area contributed by atoms with E-state index in [2.05, 4.69) is 4.72 Å². The fourth-order valence-corrected chi connectivity index (χ4v) is 2.83. The number of hydrogen-bond donors (Lipinski definition) is 1. The normalized spacial score (nSPS) is 17.9. The number of ether oxygens (including phenoxy) is 1. The molecule has 0 amide bonds. The number of hydrogen-bond acceptors (Lipinski definition) is 3. The van der Waals surface area contributed by atoms with Gasteiger partial charge in [-0.25, -0.2) is 8.93 Å². The van der Waals surface area contributed by atoms with E-state index in [0.717, 1.165) is 0 Å². The predicted octanol–water partition coefficient (Wildman–Crippen LogP) is 3.97. The first kappa shape index (κ1) is 23.4. The Bertz CT molecular complexity index is 422. The molecule has 0 rings (SSSR count). The number of esters is 1. The van der Waals surface area contributed by atoms with Gasteiger partial charge in [-0.2, -0.15) is 13.2 Å². The molecule has 1 N–H and O–H groups in total. The topological polar surface area (TPSA) is 55.4 Å². The molecule has 4 nitrogen and oxygen atoms in total. The van der Waals surface area contributed by atoms with Gasteiger partial charge in [-0.1, -0.05) is 27.2 Å². The summed E-state index contributed by atoms with van der Waals surface area (Å²) >= 11 is 0. The molecular weight excluding hydrogens is 343 g/mol. The molecule has 0 aliphatic rings. The molecule has 8 heteroatoms. The number of carbonyl (C=O) groups is 1. The van der Waals surface area contributed by atoms with Gasteiger partial charge in [0.15, 0.2) is 0 Å². The van der Waals surface area contributed by atoms with Gasteiger partial charge in [0.2, 0.25) is 0 Å². The third-order valence-electron chi connectivity index (χ3n) is 3.65. The minimum Gasteiger partial charge on any atom is -0.465 e. The van der Waals surface area contributed by atoms with Crippen LogP contribution in [-0.4, -0.2) is 33.8 Å². The van der Waals surface area contributed by atoms with Crippen molar-refractivity contribution >= 4 is 17.0 Å². The van der Waals surface area contributed by atoms with Gasteiger partial charge in [-0.3, -0.25) is 4.79 Å². The Hall–Kier alpha value is -0.630. The maximum Gasteiger partial charge on any atom is 0.405 e. The van der Waals surface area contributed by atoms with Gasteiger partial charge in [0.25, 0.3) is 0 Å². The van der Waals surface area contributed by atoms with Crippen molar-refractivity contribution < 1.29 is 26.9 Å². The van der Waals surface area contributed by atoms with E-state index in [-0.39, 0.29) is 18.9 Å². The van der Waals surface area contributed by atoms with E-state index >= 15 is 0 Å². The van der Waals surface area contributed by atoms with Crippen LogP contribution in [0, 0.1) is 11.8 Å². The maximum atomic E-state index is 13.6. The summed E-state index contributed by atoms with van der Waals surface area (Å²) < 4.78 is 59.0. The Kier molecular flexibility index (Phi) is 9.49. The first-order chi connectivity index (χ1) is 10.8. The third kappa shape index (κ3) is 7.96. The van der Waals surface area contributed by atoms with Gasteiger partial charge in [0, 0.05) is 0 Å². The molecule has 0 spiro atoms. The van der Waals surface area contributed by atoms with Gasteiger partial charge >= 0.3 is 12.1 Å². The Morgan fingerprint density at radius 2 is 1.75 bits per heavy atom. The molecule has 0 aromatic carbocycles. The van der Waals surface area contributed by atoms with Gasteiger partial charge in [-0.15, -0.1) is 0 Å². The van der Waals surface area contributed by atoms with E-state index in [1.165, 1.54) is 0 Å².